The van der Waals surface area contributed by atoms with E-state index in [4.69, 9.17) is 5.11 Å². The molecule has 0 unspecified atom stereocenters. The van der Waals surface area contributed by atoms with Gasteiger partial charge in [-0.05, 0) is 43.5 Å². The van der Waals surface area contributed by atoms with Crippen LogP contribution in [0, 0.1) is 18.8 Å². The van der Waals surface area contributed by atoms with Gasteiger partial charge in [-0.25, -0.2) is 8.42 Å². The lowest BCUT2D eigenvalue weighted by Crippen LogP contribution is -2.17. The molecule has 0 saturated heterocycles. The van der Waals surface area contributed by atoms with E-state index in [1.165, 1.54) is 0 Å². The van der Waals surface area contributed by atoms with E-state index >= 15 is 0 Å². The van der Waals surface area contributed by atoms with Gasteiger partial charge in [0.05, 0.1) is 5.25 Å². The minimum absolute atomic E-state index is 0.211. The lowest BCUT2D eigenvalue weighted by atomic mass is 10.1. The van der Waals surface area contributed by atoms with Crippen LogP contribution >= 0.6 is 0 Å². The quantitative estimate of drug-likeness (QED) is 0.808. The van der Waals surface area contributed by atoms with Crippen LogP contribution in [0.15, 0.2) is 18.2 Å². The first-order chi connectivity index (χ1) is 8.51. The van der Waals surface area contributed by atoms with Crippen molar-refractivity contribution in [3.63, 3.8) is 0 Å². The molecule has 2 rings (SSSR count). The van der Waals surface area contributed by atoms with Crippen molar-refractivity contribution in [2.24, 2.45) is 0 Å². The third-order valence-electron chi connectivity index (χ3n) is 2.61. The Morgan fingerprint density at radius 1 is 1.39 bits per heavy atom. The molecule has 0 aromatic heterocycles. The monoisotopic (exact) mass is 265 g/mol. The van der Waals surface area contributed by atoms with Crippen molar-refractivity contribution in [2.75, 3.05) is 11.3 Å². The molecule has 1 aliphatic carbocycles. The molecule has 0 spiro atoms. The minimum atomic E-state index is -3.24. The number of aryl methyl sites for hydroxylation is 1. The van der Waals surface area contributed by atoms with Gasteiger partial charge in [0.15, 0.2) is 0 Å². The number of hydrogen-bond donors (Lipinski definition) is 2. The number of hydrogen-bond acceptors (Lipinski definition) is 3. The van der Waals surface area contributed by atoms with E-state index < -0.39 is 10.0 Å². The van der Waals surface area contributed by atoms with E-state index in [1.54, 1.807) is 12.1 Å². The number of sulfonamides is 1. The van der Waals surface area contributed by atoms with Gasteiger partial charge in [-0.15, -0.1) is 0 Å². The highest BCUT2D eigenvalue weighted by molar-refractivity contribution is 7.93. The van der Waals surface area contributed by atoms with Crippen LogP contribution in [0.1, 0.15) is 24.0 Å². The van der Waals surface area contributed by atoms with E-state index in [9.17, 15) is 8.42 Å². The predicted molar refractivity (Wildman–Crippen MR) is 70.7 cm³/mol. The Morgan fingerprint density at radius 3 is 2.72 bits per heavy atom. The van der Waals surface area contributed by atoms with Crippen molar-refractivity contribution in [3.8, 4) is 11.8 Å². The highest BCUT2D eigenvalue weighted by Crippen LogP contribution is 2.30. The number of aliphatic hydroxyl groups is 1. The van der Waals surface area contributed by atoms with E-state index in [-0.39, 0.29) is 11.9 Å². The second-order valence-corrected chi connectivity index (χ2v) is 6.35. The van der Waals surface area contributed by atoms with Crippen LogP contribution in [0.3, 0.4) is 0 Å². The molecule has 2 N–H and O–H groups in total. The van der Waals surface area contributed by atoms with Crippen LogP contribution < -0.4 is 4.72 Å². The first kappa shape index (κ1) is 12.9. The predicted octanol–water partition coefficient (Wildman–Crippen LogP) is 1.24. The summed E-state index contributed by atoms with van der Waals surface area (Å²) in [6.45, 7) is 1.66. The molecule has 1 aromatic rings. The molecule has 0 heterocycles. The number of aliphatic hydroxyl groups excluding tert-OH is 1. The average Bonchev–Trinajstić information content (AvgIpc) is 3.08. The summed E-state index contributed by atoms with van der Waals surface area (Å²) in [5.41, 5.74) is 2.15. The van der Waals surface area contributed by atoms with Gasteiger partial charge in [0, 0.05) is 11.3 Å². The molecule has 1 aliphatic rings. The Kier molecular flexibility index (Phi) is 3.60. The van der Waals surface area contributed by atoms with Crippen LogP contribution in [-0.4, -0.2) is 25.4 Å². The Bertz CT molecular complexity index is 607. The molecule has 0 aliphatic heterocycles. The topological polar surface area (TPSA) is 66.4 Å². The highest BCUT2D eigenvalue weighted by Gasteiger charge is 2.35. The summed E-state index contributed by atoms with van der Waals surface area (Å²) in [5.74, 6) is 5.32. The maximum absolute atomic E-state index is 11.8. The highest BCUT2D eigenvalue weighted by atomic mass is 32.2. The van der Waals surface area contributed by atoms with Gasteiger partial charge in [-0.1, -0.05) is 11.8 Å². The zero-order valence-electron chi connectivity index (χ0n) is 10.1. The molecule has 0 amide bonds. The second kappa shape index (κ2) is 5.01. The SMILES string of the molecule is Cc1cc(C#CCO)cc(NS(=O)(=O)C2CC2)c1. The Morgan fingerprint density at radius 2 is 2.11 bits per heavy atom. The molecule has 0 atom stereocenters. The van der Waals surface area contributed by atoms with Gasteiger partial charge in [-0.3, -0.25) is 4.72 Å². The maximum Gasteiger partial charge on any atom is 0.235 e. The minimum Gasteiger partial charge on any atom is -0.384 e. The summed E-state index contributed by atoms with van der Waals surface area (Å²) >= 11 is 0. The molecule has 0 bridgehead atoms. The Labute approximate surface area is 107 Å². The van der Waals surface area contributed by atoms with Gasteiger partial charge >= 0.3 is 0 Å². The van der Waals surface area contributed by atoms with Crippen LogP contribution in [0.5, 0.6) is 0 Å². The summed E-state index contributed by atoms with van der Waals surface area (Å²) in [6, 6.07) is 5.29. The fraction of sp³-hybridized carbons (Fsp3) is 0.385. The average molecular weight is 265 g/mol. The van der Waals surface area contributed by atoms with Crippen molar-refractivity contribution in [3.05, 3.63) is 29.3 Å². The van der Waals surface area contributed by atoms with Crippen molar-refractivity contribution < 1.29 is 13.5 Å². The smallest absolute Gasteiger partial charge is 0.235 e. The number of rotatable bonds is 3. The molecule has 1 saturated carbocycles. The molecule has 1 aromatic carbocycles. The van der Waals surface area contributed by atoms with E-state index in [1.807, 2.05) is 13.0 Å². The van der Waals surface area contributed by atoms with Gasteiger partial charge in [0.25, 0.3) is 0 Å². The van der Waals surface area contributed by atoms with Crippen molar-refractivity contribution in [1.82, 2.24) is 0 Å². The third kappa shape index (κ3) is 3.25. The Balaban J connectivity index is 2.25. The first-order valence-electron chi connectivity index (χ1n) is 5.74. The second-order valence-electron chi connectivity index (χ2n) is 4.39. The van der Waals surface area contributed by atoms with Crippen LogP contribution in [0.2, 0.25) is 0 Å². The third-order valence-corrected chi connectivity index (χ3v) is 4.48. The van der Waals surface area contributed by atoms with Gasteiger partial charge < -0.3 is 5.11 Å². The van der Waals surface area contributed by atoms with Crippen LogP contribution in [-0.2, 0) is 10.0 Å². The normalized spacial score (nSPS) is 14.8. The van der Waals surface area contributed by atoms with Crippen LogP contribution in [0.4, 0.5) is 5.69 Å². The molecule has 0 radical (unpaired) electrons. The zero-order chi connectivity index (χ0) is 13.2. The fourth-order valence-corrected chi connectivity index (χ4v) is 3.05. The summed E-state index contributed by atoms with van der Waals surface area (Å²) < 4.78 is 26.2. The summed E-state index contributed by atoms with van der Waals surface area (Å²) in [6.07, 6.45) is 1.47. The van der Waals surface area contributed by atoms with Gasteiger partial charge in [0.1, 0.15) is 6.61 Å². The first-order valence-corrected chi connectivity index (χ1v) is 7.29. The largest absolute Gasteiger partial charge is 0.384 e. The molecule has 96 valence electrons. The number of benzene rings is 1. The molecule has 5 heteroatoms. The fourth-order valence-electron chi connectivity index (χ4n) is 1.68. The standard InChI is InChI=1S/C13H15NO3S/c1-10-7-11(3-2-6-15)9-12(8-10)14-18(16,17)13-4-5-13/h7-9,13-15H,4-6H2,1H3. The molecule has 1 fully saturated rings. The van der Waals surface area contributed by atoms with Gasteiger partial charge in [0.2, 0.25) is 10.0 Å². The van der Waals surface area contributed by atoms with Crippen molar-refractivity contribution in [1.29, 1.82) is 0 Å². The molecular formula is C13H15NO3S. The number of nitrogens with one attached hydrogen (secondary N) is 1. The van der Waals surface area contributed by atoms with E-state index in [2.05, 4.69) is 16.6 Å². The lowest BCUT2D eigenvalue weighted by molar-refractivity contribution is 0.350. The summed E-state index contributed by atoms with van der Waals surface area (Å²) in [4.78, 5) is 0. The molecular weight excluding hydrogens is 250 g/mol. The molecule has 4 nitrogen and oxygen atoms in total. The summed E-state index contributed by atoms with van der Waals surface area (Å²) in [5, 5.41) is 8.40. The Hall–Kier alpha value is -1.51. The maximum atomic E-state index is 11.8. The van der Waals surface area contributed by atoms with Crippen LogP contribution in [0.25, 0.3) is 0 Å². The van der Waals surface area contributed by atoms with Gasteiger partial charge in [-0.2, -0.15) is 0 Å². The zero-order valence-corrected chi connectivity index (χ0v) is 10.9. The van der Waals surface area contributed by atoms with Crippen molar-refractivity contribution >= 4 is 15.7 Å². The lowest BCUT2D eigenvalue weighted by Gasteiger charge is -2.08. The summed E-state index contributed by atoms with van der Waals surface area (Å²) in [7, 11) is -3.24. The van der Waals surface area contributed by atoms with E-state index in [0.717, 1.165) is 18.4 Å². The van der Waals surface area contributed by atoms with E-state index in [0.29, 0.717) is 11.3 Å². The number of anilines is 1. The molecule has 18 heavy (non-hydrogen) atoms. The van der Waals surface area contributed by atoms with Crippen molar-refractivity contribution in [2.45, 2.75) is 25.0 Å².